The van der Waals surface area contributed by atoms with Crippen molar-refractivity contribution in [3.05, 3.63) is 66.2 Å². The highest BCUT2D eigenvalue weighted by molar-refractivity contribution is 6.06. The minimum Gasteiger partial charge on any atom is -0.455 e. The third kappa shape index (κ3) is 4.02. The lowest BCUT2D eigenvalue weighted by molar-refractivity contribution is -0.137. The molecule has 0 atom stereocenters. The number of nitrogens with zero attached hydrogens (tertiary/aromatic N) is 3. The fourth-order valence-corrected chi connectivity index (χ4v) is 4.78. The summed E-state index contributed by atoms with van der Waals surface area (Å²) in [5.41, 5.74) is 10.7. The van der Waals surface area contributed by atoms with Crippen molar-refractivity contribution < 1.29 is 17.9 Å². The van der Waals surface area contributed by atoms with Crippen molar-refractivity contribution in [3.8, 4) is 11.5 Å². The van der Waals surface area contributed by atoms with Crippen molar-refractivity contribution in [1.29, 1.82) is 0 Å². The van der Waals surface area contributed by atoms with E-state index in [0.717, 1.165) is 42.2 Å². The lowest BCUT2D eigenvalue weighted by Crippen LogP contribution is -2.58. The number of ether oxygens (including phenoxy) is 1. The van der Waals surface area contributed by atoms with Crippen molar-refractivity contribution in [2.45, 2.75) is 43.9 Å². The number of benzene rings is 3. The summed E-state index contributed by atoms with van der Waals surface area (Å²) in [6, 6.07) is 16.7. The molecule has 0 aromatic heterocycles. The molecule has 0 radical (unpaired) electrons. The standard InChI is InChI=1S/C25H24F3N5O/c26-25(27,28)18-9-11-21(34-19-10-8-16-6-2-3-7-17(16)14-19)20(15-18)33-23(30)31-22(29)32-24(33)12-4-1-5-13-24/h2-3,6-11,14-15H,1,4-5,12-13H2,(H4,29,30,31,32). The number of hydrogen-bond donors (Lipinski definition) is 2. The number of nitrogens with two attached hydrogens (primary N) is 2. The van der Waals surface area contributed by atoms with E-state index in [2.05, 4.69) is 9.98 Å². The van der Waals surface area contributed by atoms with E-state index in [0.29, 0.717) is 18.6 Å². The molecular weight excluding hydrogens is 443 g/mol. The van der Waals surface area contributed by atoms with Crippen LogP contribution in [0.25, 0.3) is 10.8 Å². The Kier molecular flexibility index (Phi) is 5.34. The van der Waals surface area contributed by atoms with Crippen LogP contribution in [-0.2, 0) is 6.18 Å². The first-order chi connectivity index (χ1) is 16.2. The van der Waals surface area contributed by atoms with Gasteiger partial charge in [0.25, 0.3) is 0 Å². The molecule has 1 aliphatic carbocycles. The molecule has 9 heteroatoms. The van der Waals surface area contributed by atoms with Crippen LogP contribution >= 0.6 is 0 Å². The second kappa shape index (κ2) is 8.23. The van der Waals surface area contributed by atoms with Gasteiger partial charge in [-0.05, 0) is 66.8 Å². The summed E-state index contributed by atoms with van der Waals surface area (Å²) in [6.07, 6.45) is -0.656. The van der Waals surface area contributed by atoms with E-state index in [9.17, 15) is 13.2 Å². The molecule has 34 heavy (non-hydrogen) atoms. The number of rotatable bonds is 3. The van der Waals surface area contributed by atoms with E-state index >= 15 is 0 Å². The summed E-state index contributed by atoms with van der Waals surface area (Å²) < 4.78 is 47.2. The minimum absolute atomic E-state index is 0.00270. The average Bonchev–Trinajstić information content (AvgIpc) is 2.79. The summed E-state index contributed by atoms with van der Waals surface area (Å²) in [7, 11) is 0. The molecule has 1 aliphatic heterocycles. The van der Waals surface area contributed by atoms with Gasteiger partial charge in [-0.15, -0.1) is 0 Å². The third-order valence-corrected chi connectivity index (χ3v) is 6.33. The first-order valence-corrected chi connectivity index (χ1v) is 11.1. The van der Waals surface area contributed by atoms with E-state index in [1.165, 1.54) is 6.07 Å². The van der Waals surface area contributed by atoms with Gasteiger partial charge in [0.1, 0.15) is 11.4 Å². The Morgan fingerprint density at radius 1 is 0.882 bits per heavy atom. The molecule has 1 saturated carbocycles. The molecule has 1 fully saturated rings. The highest BCUT2D eigenvalue weighted by atomic mass is 19.4. The quantitative estimate of drug-likeness (QED) is 0.513. The Bertz CT molecular complexity index is 1300. The van der Waals surface area contributed by atoms with Crippen LogP contribution in [0.4, 0.5) is 18.9 Å². The lowest BCUT2D eigenvalue weighted by Gasteiger charge is -2.46. The van der Waals surface area contributed by atoms with Gasteiger partial charge in [-0.1, -0.05) is 36.8 Å². The van der Waals surface area contributed by atoms with Gasteiger partial charge in [-0.3, -0.25) is 4.90 Å². The second-order valence-corrected chi connectivity index (χ2v) is 8.61. The zero-order valence-electron chi connectivity index (χ0n) is 18.3. The number of halogens is 3. The maximum Gasteiger partial charge on any atom is 0.416 e. The smallest absolute Gasteiger partial charge is 0.416 e. The molecule has 2 aliphatic rings. The van der Waals surface area contributed by atoms with Crippen molar-refractivity contribution in [1.82, 2.24) is 0 Å². The van der Waals surface area contributed by atoms with Gasteiger partial charge >= 0.3 is 6.18 Å². The zero-order valence-corrected chi connectivity index (χ0v) is 18.3. The first-order valence-electron chi connectivity index (χ1n) is 11.1. The highest BCUT2D eigenvalue weighted by Gasteiger charge is 2.44. The first kappa shape index (κ1) is 22.1. The maximum atomic E-state index is 13.7. The van der Waals surface area contributed by atoms with E-state index in [-0.39, 0.29) is 23.4 Å². The van der Waals surface area contributed by atoms with Crippen LogP contribution < -0.4 is 21.1 Å². The maximum absolute atomic E-state index is 13.7. The Balaban J connectivity index is 1.64. The molecule has 1 spiro atoms. The number of anilines is 1. The van der Waals surface area contributed by atoms with Gasteiger partial charge in [-0.25, -0.2) is 4.99 Å². The predicted molar refractivity (Wildman–Crippen MR) is 127 cm³/mol. The van der Waals surface area contributed by atoms with Crippen molar-refractivity contribution in [3.63, 3.8) is 0 Å². The van der Waals surface area contributed by atoms with Crippen molar-refractivity contribution in [2.24, 2.45) is 21.5 Å². The monoisotopic (exact) mass is 467 g/mol. The molecule has 0 saturated heterocycles. The van der Waals surface area contributed by atoms with Crippen LogP contribution in [0, 0.1) is 0 Å². The minimum atomic E-state index is -4.54. The third-order valence-electron chi connectivity index (χ3n) is 6.33. The lowest BCUT2D eigenvalue weighted by atomic mass is 9.87. The number of fused-ring (bicyclic) bond motifs is 1. The fourth-order valence-electron chi connectivity index (χ4n) is 4.78. The molecule has 4 N–H and O–H groups in total. The van der Waals surface area contributed by atoms with Crippen LogP contribution in [0.1, 0.15) is 37.7 Å². The molecule has 1 heterocycles. The summed E-state index contributed by atoms with van der Waals surface area (Å²) in [6.45, 7) is 0. The van der Waals surface area contributed by atoms with Gasteiger partial charge in [0.05, 0.1) is 11.3 Å². The molecule has 3 aromatic carbocycles. The average molecular weight is 467 g/mol. The van der Waals surface area contributed by atoms with Crippen LogP contribution in [0.3, 0.4) is 0 Å². The number of aliphatic imine (C=N–C) groups is 2. The topological polar surface area (TPSA) is 89.2 Å². The van der Waals surface area contributed by atoms with E-state index in [1.54, 1.807) is 11.0 Å². The molecule has 0 bridgehead atoms. The molecule has 5 rings (SSSR count). The summed E-state index contributed by atoms with van der Waals surface area (Å²) in [4.78, 5) is 10.2. The number of guanidine groups is 2. The van der Waals surface area contributed by atoms with Crippen molar-refractivity contribution >= 4 is 28.4 Å². The second-order valence-electron chi connectivity index (χ2n) is 8.61. The molecule has 176 valence electrons. The molecular formula is C25H24F3N5O. The predicted octanol–water partition coefficient (Wildman–Crippen LogP) is 5.76. The fraction of sp³-hybridized carbons (Fsp3) is 0.280. The SMILES string of the molecule is NC1=NC2(CCCCC2)N(c2cc(C(F)(F)F)ccc2Oc2ccc3ccccc3c2)C(N)=N1. The van der Waals surface area contributed by atoms with Gasteiger partial charge in [-0.2, -0.15) is 18.2 Å². The van der Waals surface area contributed by atoms with E-state index in [1.807, 2.05) is 36.4 Å². The van der Waals surface area contributed by atoms with Gasteiger partial charge in [0, 0.05) is 0 Å². The van der Waals surface area contributed by atoms with Crippen molar-refractivity contribution in [2.75, 3.05) is 4.90 Å². The van der Waals surface area contributed by atoms with Crippen LogP contribution in [-0.4, -0.2) is 17.6 Å². The number of alkyl halides is 3. The van der Waals surface area contributed by atoms with Gasteiger partial charge in [0.2, 0.25) is 11.9 Å². The zero-order chi connectivity index (χ0) is 23.9. The van der Waals surface area contributed by atoms with Crippen LogP contribution in [0.5, 0.6) is 11.5 Å². The summed E-state index contributed by atoms with van der Waals surface area (Å²) in [5.74, 6) is 0.742. The Hall–Kier alpha value is -3.75. The number of hydrogen-bond acceptors (Lipinski definition) is 6. The Labute approximate surface area is 194 Å². The highest BCUT2D eigenvalue weighted by Crippen LogP contribution is 2.45. The van der Waals surface area contributed by atoms with E-state index < -0.39 is 17.4 Å². The Morgan fingerprint density at radius 3 is 2.35 bits per heavy atom. The largest absolute Gasteiger partial charge is 0.455 e. The molecule has 0 amide bonds. The molecule has 0 unspecified atom stereocenters. The van der Waals surface area contributed by atoms with E-state index in [4.69, 9.17) is 16.2 Å². The summed E-state index contributed by atoms with van der Waals surface area (Å²) in [5, 5.41) is 1.98. The normalized spacial score (nSPS) is 18.0. The van der Waals surface area contributed by atoms with Crippen LogP contribution in [0.15, 0.2) is 70.6 Å². The Morgan fingerprint density at radius 2 is 1.62 bits per heavy atom. The van der Waals surface area contributed by atoms with Crippen LogP contribution in [0.2, 0.25) is 0 Å². The molecule has 3 aromatic rings. The molecule has 6 nitrogen and oxygen atoms in total. The van der Waals surface area contributed by atoms with Gasteiger partial charge < -0.3 is 16.2 Å². The summed E-state index contributed by atoms with van der Waals surface area (Å²) >= 11 is 0. The van der Waals surface area contributed by atoms with Gasteiger partial charge in [0.15, 0.2) is 5.75 Å².